The lowest BCUT2D eigenvalue weighted by atomic mass is 11.3. The summed E-state index contributed by atoms with van der Waals surface area (Å²) in [6.45, 7) is 8.30. The lowest BCUT2D eigenvalue weighted by Crippen LogP contribution is -2.30. The lowest BCUT2D eigenvalue weighted by molar-refractivity contribution is 0.225. The second-order valence-electron chi connectivity index (χ2n) is 2.83. The topological polar surface area (TPSA) is 9.23 Å². The number of rotatable bonds is 4. The molecule has 3 heteroatoms. The molecular weight excluding hydrogens is 144 g/mol. The molecule has 9 heavy (non-hydrogen) atoms. The number of ether oxygens (including phenoxy) is 1. The fourth-order valence-corrected chi connectivity index (χ4v) is 1.88. The zero-order valence-electron chi connectivity index (χ0n) is 6.61. The van der Waals surface area contributed by atoms with E-state index in [9.17, 15) is 0 Å². The van der Waals surface area contributed by atoms with Gasteiger partial charge in [-0.15, -0.1) is 6.58 Å². The van der Waals surface area contributed by atoms with Gasteiger partial charge in [-0.1, -0.05) is 18.8 Å². The van der Waals surface area contributed by atoms with Crippen molar-refractivity contribution in [3.8, 4) is 0 Å². The smallest absolute Gasteiger partial charge is 0.100 e. The van der Waals surface area contributed by atoms with E-state index in [0.717, 1.165) is 22.7 Å². The Balaban J connectivity index is 3.45. The number of hydrogen-bond donors (Lipinski definition) is 0. The molecule has 0 aliphatic carbocycles. The summed E-state index contributed by atoms with van der Waals surface area (Å²) in [4.78, 5) is 0. The van der Waals surface area contributed by atoms with Gasteiger partial charge in [-0.25, -0.2) is 0 Å². The fourth-order valence-electron chi connectivity index (χ4n) is 0.424. The van der Waals surface area contributed by atoms with Crippen molar-refractivity contribution in [1.82, 2.24) is 0 Å². The van der Waals surface area contributed by atoms with Gasteiger partial charge in [0.15, 0.2) is 0 Å². The summed E-state index contributed by atoms with van der Waals surface area (Å²) in [6, 6.07) is 0. The van der Waals surface area contributed by atoms with Crippen molar-refractivity contribution in [2.75, 3.05) is 12.5 Å². The van der Waals surface area contributed by atoms with Crippen LogP contribution in [0.5, 0.6) is 0 Å². The Morgan fingerprint density at radius 1 is 1.67 bits per heavy atom. The van der Waals surface area contributed by atoms with Crippen molar-refractivity contribution in [3.63, 3.8) is 0 Å². The van der Waals surface area contributed by atoms with Crippen LogP contribution in [-0.4, -0.2) is 30.8 Å². The average molecular weight is 160 g/mol. The van der Waals surface area contributed by atoms with Crippen LogP contribution in [0.4, 0.5) is 0 Å². The van der Waals surface area contributed by atoms with Gasteiger partial charge in [0.05, 0.1) is 0 Å². The Bertz CT molecular complexity index is 91.1. The molecule has 0 aliphatic heterocycles. The second-order valence-corrected chi connectivity index (χ2v) is 8.08. The summed E-state index contributed by atoms with van der Waals surface area (Å²) in [5, 5.41) is 0. The van der Waals surface area contributed by atoms with Crippen molar-refractivity contribution in [2.24, 2.45) is 0 Å². The van der Waals surface area contributed by atoms with Crippen molar-refractivity contribution in [1.29, 1.82) is 0 Å². The largest absolute Gasteiger partial charge is 0.389 e. The van der Waals surface area contributed by atoms with Crippen molar-refractivity contribution in [2.45, 2.75) is 13.1 Å². The molecule has 0 atom stereocenters. The van der Waals surface area contributed by atoms with Gasteiger partial charge < -0.3 is 4.74 Å². The lowest BCUT2D eigenvalue weighted by Gasteiger charge is -2.15. The quantitative estimate of drug-likeness (QED) is 0.538. The minimum atomic E-state index is -1.13. The Morgan fingerprint density at radius 2 is 2.22 bits per heavy atom. The molecule has 0 radical (unpaired) electrons. The van der Waals surface area contributed by atoms with Crippen LogP contribution in [-0.2, 0) is 4.74 Å². The normalized spacial score (nSPS) is 11.8. The van der Waals surface area contributed by atoms with Gasteiger partial charge in [0.2, 0.25) is 0 Å². The highest BCUT2D eigenvalue weighted by Crippen LogP contribution is 2.01. The van der Waals surface area contributed by atoms with Gasteiger partial charge in [0, 0.05) is 22.7 Å². The molecule has 1 nitrogen and oxygen atoms in total. The third kappa shape index (κ3) is 4.63. The molecule has 0 rings (SSSR count). The summed E-state index contributed by atoms with van der Waals surface area (Å²) in [7, 11) is 0.0163. The molecular formula is C6H16OSi2. The minimum absolute atomic E-state index is 0.944. The Labute approximate surface area is 61.5 Å². The maximum atomic E-state index is 5.34. The van der Waals surface area contributed by atoms with Crippen LogP contribution in [0.25, 0.3) is 0 Å². The van der Waals surface area contributed by atoms with Gasteiger partial charge in [0.1, 0.15) is 8.07 Å². The van der Waals surface area contributed by atoms with Crippen LogP contribution in [0.1, 0.15) is 0 Å². The monoisotopic (exact) mass is 160 g/mol. The Kier molecular flexibility index (Phi) is 4.09. The number of hydrogen-bond acceptors (Lipinski definition) is 1. The summed E-state index contributed by atoms with van der Waals surface area (Å²) < 4.78 is 5.34. The van der Waals surface area contributed by atoms with Gasteiger partial charge in [-0.2, -0.15) is 0 Å². The average Bonchev–Trinajstić information content (AvgIpc) is 1.84. The van der Waals surface area contributed by atoms with Crippen LogP contribution in [0.3, 0.4) is 0 Å². The third-order valence-corrected chi connectivity index (χ3v) is 3.69. The summed E-state index contributed by atoms with van der Waals surface area (Å²) in [5.41, 5.74) is 2.07. The van der Waals surface area contributed by atoms with Crippen LogP contribution in [0.2, 0.25) is 13.1 Å². The van der Waals surface area contributed by atoms with E-state index in [-0.39, 0.29) is 0 Å². The van der Waals surface area contributed by atoms with E-state index in [1.807, 2.05) is 0 Å². The molecule has 0 saturated heterocycles. The first-order valence-electron chi connectivity index (χ1n) is 3.33. The standard InChI is InChI=1S/C6H16OSi2/c1-4-9(2,3)6-7-5-8/h4H,1,5-6H2,2-3,8H3. The van der Waals surface area contributed by atoms with E-state index in [4.69, 9.17) is 4.74 Å². The Morgan fingerprint density at radius 3 is 2.56 bits per heavy atom. The molecule has 0 aromatic heterocycles. The first-order chi connectivity index (χ1) is 4.12. The highest BCUT2D eigenvalue weighted by molar-refractivity contribution is 6.82. The maximum Gasteiger partial charge on any atom is 0.100 e. The predicted octanol–water partition coefficient (Wildman–Crippen LogP) is 0.299. The van der Waals surface area contributed by atoms with Gasteiger partial charge in [0.25, 0.3) is 0 Å². The first kappa shape index (κ1) is 9.13. The predicted molar refractivity (Wildman–Crippen MR) is 48.4 cm³/mol. The van der Waals surface area contributed by atoms with E-state index in [1.165, 1.54) is 0 Å². The van der Waals surface area contributed by atoms with Gasteiger partial charge >= 0.3 is 0 Å². The SMILES string of the molecule is C=C[Si](C)(C)COC[SiH3]. The van der Waals surface area contributed by atoms with Crippen LogP contribution in [0.15, 0.2) is 12.3 Å². The summed E-state index contributed by atoms with van der Waals surface area (Å²) in [6.07, 6.45) is 1.91. The highest BCUT2D eigenvalue weighted by atomic mass is 28.3. The molecule has 0 heterocycles. The van der Waals surface area contributed by atoms with Crippen molar-refractivity contribution >= 4 is 18.3 Å². The van der Waals surface area contributed by atoms with Crippen molar-refractivity contribution in [3.05, 3.63) is 12.3 Å². The van der Waals surface area contributed by atoms with E-state index < -0.39 is 8.07 Å². The van der Waals surface area contributed by atoms with Gasteiger partial charge in [-0.3, -0.25) is 0 Å². The molecule has 0 unspecified atom stereocenters. The first-order valence-corrected chi connectivity index (χ1v) is 8.03. The minimum Gasteiger partial charge on any atom is -0.389 e. The molecule has 0 fully saturated rings. The molecule has 0 N–H and O–H groups in total. The van der Waals surface area contributed by atoms with E-state index in [2.05, 4.69) is 25.4 Å². The summed E-state index contributed by atoms with van der Waals surface area (Å²) >= 11 is 0. The molecule has 0 bridgehead atoms. The molecule has 0 spiro atoms. The van der Waals surface area contributed by atoms with Crippen LogP contribution >= 0.6 is 0 Å². The molecule has 0 aromatic rings. The molecule has 54 valence electrons. The fraction of sp³-hybridized carbons (Fsp3) is 0.667. The molecule has 0 saturated carbocycles. The second kappa shape index (κ2) is 4.03. The van der Waals surface area contributed by atoms with Crippen LogP contribution < -0.4 is 0 Å². The van der Waals surface area contributed by atoms with E-state index in [0.29, 0.717) is 0 Å². The van der Waals surface area contributed by atoms with E-state index in [1.54, 1.807) is 0 Å². The van der Waals surface area contributed by atoms with Crippen molar-refractivity contribution < 1.29 is 4.74 Å². The zero-order chi connectivity index (χ0) is 7.33. The van der Waals surface area contributed by atoms with Crippen LogP contribution in [0, 0.1) is 0 Å². The zero-order valence-corrected chi connectivity index (χ0v) is 9.61. The molecule has 0 aliphatic rings. The third-order valence-electron chi connectivity index (χ3n) is 1.23. The summed E-state index contributed by atoms with van der Waals surface area (Å²) in [5.74, 6) is 0. The van der Waals surface area contributed by atoms with Gasteiger partial charge in [-0.05, 0) is 0 Å². The maximum absolute atomic E-state index is 5.34. The molecule has 0 aromatic carbocycles. The van der Waals surface area contributed by atoms with E-state index >= 15 is 0 Å². The molecule has 0 amide bonds. The Hall–Kier alpha value is 0.134. The highest BCUT2D eigenvalue weighted by Gasteiger charge is 2.14.